The Morgan fingerprint density at radius 2 is 1.72 bits per heavy atom. The highest BCUT2D eigenvalue weighted by Crippen LogP contribution is 2.37. The number of urea groups is 1. The van der Waals surface area contributed by atoms with Crippen LogP contribution in [0.1, 0.15) is 18.5 Å². The summed E-state index contributed by atoms with van der Waals surface area (Å²) < 4.78 is 8.00. The van der Waals surface area contributed by atoms with Gasteiger partial charge < -0.3 is 9.32 Å². The number of hydrogen-bond acceptors (Lipinski definition) is 4. The van der Waals surface area contributed by atoms with Gasteiger partial charge in [0.15, 0.2) is 5.58 Å². The van der Waals surface area contributed by atoms with Gasteiger partial charge in [-0.3, -0.25) is 9.47 Å². The Bertz CT molecular complexity index is 1200. The summed E-state index contributed by atoms with van der Waals surface area (Å²) in [6, 6.07) is 15.7. The number of fused-ring (bicyclic) bond motifs is 4. The minimum Gasteiger partial charge on any atom is -0.435 e. The molecule has 2 aromatic heterocycles. The predicted octanol–water partition coefficient (Wildman–Crippen LogP) is 4.22. The fourth-order valence-corrected chi connectivity index (χ4v) is 4.27. The minimum atomic E-state index is 0.0471. The molecule has 4 heterocycles. The molecule has 7 nitrogen and oxygen atoms in total. The normalized spacial score (nSPS) is 15.6. The summed E-state index contributed by atoms with van der Waals surface area (Å²) >= 11 is 0. The number of carbonyl (C=O) groups is 1. The largest absolute Gasteiger partial charge is 0.435 e. The summed E-state index contributed by atoms with van der Waals surface area (Å²) in [5.41, 5.74) is 4.95. The van der Waals surface area contributed by atoms with Crippen LogP contribution in [0.25, 0.3) is 28.4 Å². The number of oxazole rings is 1. The van der Waals surface area contributed by atoms with Crippen molar-refractivity contribution < 1.29 is 9.21 Å². The highest BCUT2D eigenvalue weighted by atomic mass is 16.3. The first-order chi connectivity index (χ1) is 14.3. The van der Waals surface area contributed by atoms with Crippen LogP contribution in [0.15, 0.2) is 59.3 Å². The molecule has 29 heavy (non-hydrogen) atoms. The Kier molecular flexibility index (Phi) is 3.50. The number of para-hydroxylation sites is 4. The van der Waals surface area contributed by atoms with Gasteiger partial charge in [0.25, 0.3) is 0 Å². The Balaban J connectivity index is 1.48. The average molecular weight is 385 g/mol. The van der Waals surface area contributed by atoms with Gasteiger partial charge in [-0.25, -0.2) is 14.8 Å². The lowest BCUT2D eigenvalue weighted by atomic mass is 10.1. The summed E-state index contributed by atoms with van der Waals surface area (Å²) in [6.45, 7) is 2.06. The Labute approximate surface area is 167 Å². The SMILES string of the molecule is O=C(N1CCCC1)N1Cc2c(-c3nc4ccccc4o3)ncn2-c2ccccc21. The van der Waals surface area contributed by atoms with E-state index in [9.17, 15) is 4.79 Å². The summed E-state index contributed by atoms with van der Waals surface area (Å²) in [5.74, 6) is 0.480. The van der Waals surface area contributed by atoms with Crippen LogP contribution in [0.5, 0.6) is 0 Å². The quantitative estimate of drug-likeness (QED) is 0.492. The molecule has 6 rings (SSSR count). The van der Waals surface area contributed by atoms with E-state index in [-0.39, 0.29) is 6.03 Å². The summed E-state index contributed by atoms with van der Waals surface area (Å²) in [6.07, 6.45) is 3.91. The van der Waals surface area contributed by atoms with Gasteiger partial charge in [0.05, 0.1) is 23.6 Å². The van der Waals surface area contributed by atoms with Crippen molar-refractivity contribution in [1.82, 2.24) is 19.4 Å². The molecular formula is C22H19N5O2. The van der Waals surface area contributed by atoms with E-state index in [1.165, 1.54) is 0 Å². The third-order valence-electron chi connectivity index (χ3n) is 5.71. The zero-order chi connectivity index (χ0) is 19.4. The zero-order valence-electron chi connectivity index (χ0n) is 15.8. The maximum atomic E-state index is 13.3. The maximum absolute atomic E-state index is 13.3. The average Bonchev–Trinajstić information content (AvgIpc) is 3.51. The van der Waals surface area contributed by atoms with Gasteiger partial charge in [-0.1, -0.05) is 24.3 Å². The molecule has 1 fully saturated rings. The summed E-state index contributed by atoms with van der Waals surface area (Å²) in [4.78, 5) is 26.3. The van der Waals surface area contributed by atoms with Crippen LogP contribution in [-0.4, -0.2) is 38.6 Å². The molecule has 0 bridgehead atoms. The van der Waals surface area contributed by atoms with Crippen LogP contribution < -0.4 is 4.90 Å². The number of anilines is 1. The Hall–Kier alpha value is -3.61. The van der Waals surface area contributed by atoms with Crippen LogP contribution in [-0.2, 0) is 6.54 Å². The lowest BCUT2D eigenvalue weighted by Crippen LogP contribution is -2.43. The molecule has 2 amide bonds. The van der Waals surface area contributed by atoms with Crippen LogP contribution in [0, 0.1) is 0 Å². The molecule has 0 radical (unpaired) electrons. The second-order valence-electron chi connectivity index (χ2n) is 7.45. The molecule has 0 unspecified atom stereocenters. The van der Waals surface area contributed by atoms with Gasteiger partial charge in [-0.2, -0.15) is 0 Å². The first-order valence-electron chi connectivity index (χ1n) is 9.87. The zero-order valence-corrected chi connectivity index (χ0v) is 15.8. The smallest absolute Gasteiger partial charge is 0.324 e. The second-order valence-corrected chi connectivity index (χ2v) is 7.45. The molecule has 4 aromatic rings. The van der Waals surface area contributed by atoms with Crippen molar-refractivity contribution in [2.24, 2.45) is 0 Å². The highest BCUT2D eigenvalue weighted by molar-refractivity contribution is 5.95. The van der Waals surface area contributed by atoms with E-state index in [0.29, 0.717) is 18.1 Å². The van der Waals surface area contributed by atoms with Crippen molar-refractivity contribution >= 4 is 22.8 Å². The molecule has 2 aromatic carbocycles. The molecule has 2 aliphatic rings. The molecule has 0 saturated carbocycles. The Morgan fingerprint density at radius 1 is 0.966 bits per heavy atom. The monoisotopic (exact) mass is 385 g/mol. The lowest BCUT2D eigenvalue weighted by molar-refractivity contribution is 0.214. The number of amides is 2. The van der Waals surface area contributed by atoms with E-state index in [4.69, 9.17) is 4.42 Å². The van der Waals surface area contributed by atoms with Crippen LogP contribution in [0.3, 0.4) is 0 Å². The van der Waals surface area contributed by atoms with E-state index in [1.54, 1.807) is 6.33 Å². The number of benzene rings is 2. The number of likely N-dealkylation sites (tertiary alicyclic amines) is 1. The van der Waals surface area contributed by atoms with E-state index in [0.717, 1.165) is 54.1 Å². The van der Waals surface area contributed by atoms with Crippen molar-refractivity contribution in [3.8, 4) is 17.3 Å². The van der Waals surface area contributed by atoms with Crippen molar-refractivity contribution in [3.63, 3.8) is 0 Å². The second kappa shape index (κ2) is 6.20. The molecule has 0 aliphatic carbocycles. The van der Waals surface area contributed by atoms with Gasteiger partial charge in [0.1, 0.15) is 17.5 Å². The molecular weight excluding hydrogens is 366 g/mol. The van der Waals surface area contributed by atoms with E-state index in [1.807, 2.05) is 62.9 Å². The van der Waals surface area contributed by atoms with Crippen LogP contribution in [0.4, 0.5) is 10.5 Å². The first kappa shape index (κ1) is 16.4. The standard InChI is InChI=1S/C22H19N5O2/c28-22(25-11-5-6-12-25)26-13-18-20(21-24-15-7-1-4-10-19(15)29-21)23-14-27(18)17-9-3-2-8-16(17)26/h1-4,7-10,14H,5-6,11-13H2. The van der Waals surface area contributed by atoms with Gasteiger partial charge in [0, 0.05) is 13.1 Å². The van der Waals surface area contributed by atoms with E-state index < -0.39 is 0 Å². The minimum absolute atomic E-state index is 0.0471. The fourth-order valence-electron chi connectivity index (χ4n) is 4.27. The molecule has 0 spiro atoms. The third kappa shape index (κ3) is 2.47. The predicted molar refractivity (Wildman–Crippen MR) is 109 cm³/mol. The van der Waals surface area contributed by atoms with Gasteiger partial charge in [-0.15, -0.1) is 0 Å². The lowest BCUT2D eigenvalue weighted by Gasteiger charge is -2.33. The van der Waals surface area contributed by atoms with E-state index >= 15 is 0 Å². The summed E-state index contributed by atoms with van der Waals surface area (Å²) in [5, 5.41) is 0. The van der Waals surface area contributed by atoms with Gasteiger partial charge in [-0.05, 0) is 37.1 Å². The van der Waals surface area contributed by atoms with Gasteiger partial charge >= 0.3 is 6.03 Å². The third-order valence-corrected chi connectivity index (χ3v) is 5.71. The molecule has 0 atom stereocenters. The molecule has 144 valence electrons. The number of rotatable bonds is 1. The molecule has 2 aliphatic heterocycles. The number of hydrogen-bond donors (Lipinski definition) is 0. The van der Waals surface area contributed by atoms with Gasteiger partial charge in [0.2, 0.25) is 5.89 Å². The van der Waals surface area contributed by atoms with Crippen molar-refractivity contribution in [2.45, 2.75) is 19.4 Å². The first-order valence-corrected chi connectivity index (χ1v) is 9.87. The molecule has 0 N–H and O–H groups in total. The van der Waals surface area contributed by atoms with Crippen molar-refractivity contribution in [2.75, 3.05) is 18.0 Å². The fraction of sp³-hybridized carbons (Fsp3) is 0.227. The van der Waals surface area contributed by atoms with Crippen molar-refractivity contribution in [1.29, 1.82) is 0 Å². The number of aromatic nitrogens is 3. The number of nitrogens with zero attached hydrogens (tertiary/aromatic N) is 5. The Morgan fingerprint density at radius 3 is 2.55 bits per heavy atom. The molecule has 7 heteroatoms. The number of carbonyl (C=O) groups excluding carboxylic acids is 1. The summed E-state index contributed by atoms with van der Waals surface area (Å²) in [7, 11) is 0. The van der Waals surface area contributed by atoms with Crippen molar-refractivity contribution in [3.05, 3.63) is 60.6 Å². The maximum Gasteiger partial charge on any atom is 0.324 e. The van der Waals surface area contributed by atoms with E-state index in [2.05, 4.69) is 9.97 Å². The number of imidazole rings is 1. The van der Waals surface area contributed by atoms with Crippen LogP contribution in [0.2, 0.25) is 0 Å². The van der Waals surface area contributed by atoms with Crippen LogP contribution >= 0.6 is 0 Å². The molecule has 1 saturated heterocycles. The topological polar surface area (TPSA) is 67.4 Å². The highest BCUT2D eigenvalue weighted by Gasteiger charge is 2.33.